The van der Waals surface area contributed by atoms with E-state index in [4.69, 9.17) is 15.5 Å². The lowest BCUT2D eigenvalue weighted by Gasteiger charge is -2.50. The number of pyridine rings is 2. The van der Waals surface area contributed by atoms with Gasteiger partial charge in [-0.2, -0.15) is 5.26 Å². The van der Waals surface area contributed by atoms with Gasteiger partial charge >= 0.3 is 0 Å². The van der Waals surface area contributed by atoms with Crippen molar-refractivity contribution >= 4 is 28.1 Å². The van der Waals surface area contributed by atoms with Crippen molar-refractivity contribution in [3.05, 3.63) is 48.2 Å². The fourth-order valence-electron chi connectivity index (χ4n) is 6.68. The van der Waals surface area contributed by atoms with E-state index in [0.29, 0.717) is 17.6 Å². The van der Waals surface area contributed by atoms with Crippen LogP contribution in [0.3, 0.4) is 0 Å². The van der Waals surface area contributed by atoms with Gasteiger partial charge < -0.3 is 35.4 Å². The Balaban J connectivity index is 1.04. The van der Waals surface area contributed by atoms with Crippen molar-refractivity contribution < 1.29 is 14.9 Å². The number of aromatic hydroxyl groups is 1. The van der Waals surface area contributed by atoms with Gasteiger partial charge in [-0.25, -0.2) is 9.97 Å². The second kappa shape index (κ2) is 11.9. The highest BCUT2D eigenvalue weighted by molar-refractivity contribution is 5.95. The Morgan fingerprint density at radius 1 is 1.05 bits per heavy atom. The number of benzene rings is 1. The number of nitriles is 1. The molecule has 3 fully saturated rings. The third kappa shape index (κ3) is 5.68. The number of fused-ring (bicyclic) bond motifs is 1. The standard InChI is InChI=1S/C31H40N8O3/c1-22-16-38(27-5-2-23(14-32)30-26(27)4-7-29(41)35-30)18-25(42-22)17-36-9-11-37(12-10-36)24-3-6-28(34-15-24)39-20-31(19-33,21-39)8-13-40/h2-7,15,22,25,40H,8-13,16-21,33H2,1H3,(H,35,41). The zero-order valence-electron chi connectivity index (χ0n) is 24.2. The van der Waals surface area contributed by atoms with Crippen LogP contribution >= 0.6 is 0 Å². The first kappa shape index (κ1) is 28.4. The Hall–Kier alpha value is -3.69. The molecule has 2 aromatic heterocycles. The summed E-state index contributed by atoms with van der Waals surface area (Å²) < 4.78 is 6.38. The van der Waals surface area contributed by atoms with Crippen LogP contribution in [0.15, 0.2) is 42.6 Å². The summed E-state index contributed by atoms with van der Waals surface area (Å²) in [7, 11) is 0. The quantitative estimate of drug-likeness (QED) is 0.364. The molecule has 3 saturated heterocycles. The number of aliphatic hydroxyl groups excluding tert-OH is 1. The Morgan fingerprint density at radius 2 is 1.86 bits per heavy atom. The Labute approximate surface area is 246 Å². The van der Waals surface area contributed by atoms with Gasteiger partial charge in [0.2, 0.25) is 5.88 Å². The lowest BCUT2D eigenvalue weighted by molar-refractivity contribution is -0.0327. The minimum atomic E-state index is -0.0841. The molecule has 3 aliphatic rings. The maximum atomic E-state index is 9.92. The van der Waals surface area contributed by atoms with Gasteiger partial charge in [0.05, 0.1) is 35.2 Å². The number of anilines is 3. The van der Waals surface area contributed by atoms with Crippen molar-refractivity contribution in [3.63, 3.8) is 0 Å². The van der Waals surface area contributed by atoms with Crippen LogP contribution in [-0.4, -0.2) is 109 Å². The average molecular weight is 573 g/mol. The van der Waals surface area contributed by atoms with Crippen molar-refractivity contribution in [2.75, 3.05) is 86.8 Å². The van der Waals surface area contributed by atoms with Crippen molar-refractivity contribution in [1.82, 2.24) is 14.9 Å². The van der Waals surface area contributed by atoms with Gasteiger partial charge in [0.1, 0.15) is 11.9 Å². The van der Waals surface area contributed by atoms with Crippen LogP contribution in [0.25, 0.3) is 10.9 Å². The first-order valence-corrected chi connectivity index (χ1v) is 14.8. The molecule has 11 nitrogen and oxygen atoms in total. The Bertz CT molecular complexity index is 1430. The van der Waals surface area contributed by atoms with Gasteiger partial charge in [0.15, 0.2) is 0 Å². The first-order chi connectivity index (χ1) is 20.4. The fraction of sp³-hybridized carbons (Fsp3) is 0.516. The molecule has 6 rings (SSSR count). The van der Waals surface area contributed by atoms with Crippen molar-refractivity contribution in [2.45, 2.75) is 25.6 Å². The molecule has 0 saturated carbocycles. The highest BCUT2D eigenvalue weighted by Gasteiger charge is 2.42. The number of morpholine rings is 1. The van der Waals surface area contributed by atoms with Gasteiger partial charge in [-0.1, -0.05) is 0 Å². The van der Waals surface area contributed by atoms with Gasteiger partial charge in [-0.3, -0.25) is 4.90 Å². The van der Waals surface area contributed by atoms with Crippen LogP contribution in [0, 0.1) is 16.7 Å². The van der Waals surface area contributed by atoms with Crippen molar-refractivity contribution in [3.8, 4) is 11.9 Å². The normalized spacial score (nSPS) is 22.7. The average Bonchev–Trinajstić information content (AvgIpc) is 2.98. The number of aliphatic hydroxyl groups is 1. The zero-order chi connectivity index (χ0) is 29.3. The molecule has 0 aliphatic carbocycles. The molecule has 2 unspecified atom stereocenters. The second-order valence-corrected chi connectivity index (χ2v) is 12.0. The first-order valence-electron chi connectivity index (χ1n) is 14.8. The van der Waals surface area contributed by atoms with E-state index in [1.165, 1.54) is 0 Å². The lowest BCUT2D eigenvalue weighted by atomic mass is 9.77. The largest absolute Gasteiger partial charge is 0.493 e. The van der Waals surface area contributed by atoms with Gasteiger partial charge in [0.25, 0.3) is 0 Å². The molecule has 0 bridgehead atoms. The summed E-state index contributed by atoms with van der Waals surface area (Å²) in [6.45, 7) is 10.7. The molecule has 3 aliphatic heterocycles. The third-order valence-electron chi connectivity index (χ3n) is 8.99. The monoisotopic (exact) mass is 572 g/mol. The number of rotatable bonds is 8. The van der Waals surface area contributed by atoms with E-state index in [1.54, 1.807) is 12.1 Å². The second-order valence-electron chi connectivity index (χ2n) is 12.0. The summed E-state index contributed by atoms with van der Waals surface area (Å²) in [6, 6.07) is 13.6. The minimum absolute atomic E-state index is 0.0132. The molecule has 0 spiro atoms. The topological polar surface area (TPSA) is 138 Å². The van der Waals surface area contributed by atoms with Crippen molar-refractivity contribution in [1.29, 1.82) is 5.26 Å². The van der Waals surface area contributed by atoms with Crippen molar-refractivity contribution in [2.24, 2.45) is 11.1 Å². The number of piperazine rings is 1. The summed E-state index contributed by atoms with van der Waals surface area (Å²) in [4.78, 5) is 18.4. The molecular formula is C31H40N8O3. The third-order valence-corrected chi connectivity index (χ3v) is 8.99. The van der Waals surface area contributed by atoms with E-state index in [2.05, 4.69) is 49.7 Å². The molecule has 4 N–H and O–H groups in total. The fourth-order valence-corrected chi connectivity index (χ4v) is 6.68. The molecule has 3 aromatic rings. The number of nitrogens with two attached hydrogens (primary N) is 1. The van der Waals surface area contributed by atoms with Crippen LogP contribution in [0.1, 0.15) is 18.9 Å². The molecule has 1 aromatic carbocycles. The summed E-state index contributed by atoms with van der Waals surface area (Å²) in [6.07, 6.45) is 2.83. The number of aromatic nitrogens is 2. The number of hydrogen-bond acceptors (Lipinski definition) is 11. The maximum absolute atomic E-state index is 9.92. The molecule has 0 radical (unpaired) electrons. The lowest BCUT2D eigenvalue weighted by Crippen LogP contribution is -2.60. The molecule has 42 heavy (non-hydrogen) atoms. The summed E-state index contributed by atoms with van der Waals surface area (Å²) >= 11 is 0. The van der Waals surface area contributed by atoms with Crippen LogP contribution in [0.4, 0.5) is 17.2 Å². The Kier molecular flexibility index (Phi) is 8.05. The molecule has 0 amide bonds. The number of ether oxygens (including phenoxy) is 1. The molecule has 2 atom stereocenters. The highest BCUT2D eigenvalue weighted by Crippen LogP contribution is 2.36. The maximum Gasteiger partial charge on any atom is 0.211 e. The SMILES string of the molecule is CC1CN(c2ccc(C#N)c3nc(O)ccc23)CC(CN2CCN(c3ccc(N4CC(CN)(CCO)C4)nc3)CC2)O1. The number of hydrogen-bond donors (Lipinski definition) is 3. The zero-order valence-corrected chi connectivity index (χ0v) is 24.2. The van der Waals surface area contributed by atoms with Gasteiger partial charge in [-0.05, 0) is 43.7 Å². The molecule has 5 heterocycles. The van der Waals surface area contributed by atoms with Crippen LogP contribution in [0.5, 0.6) is 5.88 Å². The summed E-state index contributed by atoms with van der Waals surface area (Å²) in [5, 5.41) is 29.7. The van der Waals surface area contributed by atoms with Gasteiger partial charge in [0, 0.05) is 94.6 Å². The Morgan fingerprint density at radius 3 is 2.55 bits per heavy atom. The molecular weight excluding hydrogens is 532 g/mol. The number of nitrogens with zero attached hydrogens (tertiary/aromatic N) is 7. The van der Waals surface area contributed by atoms with E-state index in [1.807, 2.05) is 18.3 Å². The van der Waals surface area contributed by atoms with Gasteiger partial charge in [-0.15, -0.1) is 0 Å². The van der Waals surface area contributed by atoms with Crippen LogP contribution in [0.2, 0.25) is 0 Å². The minimum Gasteiger partial charge on any atom is -0.493 e. The van der Waals surface area contributed by atoms with Crippen LogP contribution in [-0.2, 0) is 4.74 Å². The predicted molar refractivity (Wildman–Crippen MR) is 163 cm³/mol. The predicted octanol–water partition coefficient (Wildman–Crippen LogP) is 1.77. The van der Waals surface area contributed by atoms with E-state index in [9.17, 15) is 15.5 Å². The smallest absolute Gasteiger partial charge is 0.211 e. The summed E-state index contributed by atoms with van der Waals surface area (Å²) in [5.74, 6) is 0.884. The van der Waals surface area contributed by atoms with E-state index < -0.39 is 0 Å². The van der Waals surface area contributed by atoms with Crippen LogP contribution < -0.4 is 20.4 Å². The van der Waals surface area contributed by atoms with E-state index >= 15 is 0 Å². The van der Waals surface area contributed by atoms with E-state index in [-0.39, 0.29) is 30.1 Å². The molecule has 222 valence electrons. The highest BCUT2D eigenvalue weighted by atomic mass is 16.5. The van der Waals surface area contributed by atoms with E-state index in [0.717, 1.165) is 87.9 Å². The summed E-state index contributed by atoms with van der Waals surface area (Å²) in [5.41, 5.74) is 9.11. The molecule has 11 heteroatoms.